The minimum Gasteiger partial charge on any atom is -0.457 e. The van der Waals surface area contributed by atoms with Crippen LogP contribution in [0.3, 0.4) is 0 Å². The van der Waals surface area contributed by atoms with Crippen molar-refractivity contribution in [3.05, 3.63) is 0 Å². The second-order valence-corrected chi connectivity index (χ2v) is 4.53. The van der Waals surface area contributed by atoms with Crippen LogP contribution in [0.25, 0.3) is 0 Å². The molecule has 0 unspecified atom stereocenters. The summed E-state index contributed by atoms with van der Waals surface area (Å²) in [6.07, 6.45) is -0.894. The third kappa shape index (κ3) is 1.57. The summed E-state index contributed by atoms with van der Waals surface area (Å²) in [5.41, 5.74) is 0. The van der Waals surface area contributed by atoms with E-state index in [-0.39, 0.29) is 18.2 Å². The largest absolute Gasteiger partial charge is 0.457 e. The zero-order chi connectivity index (χ0) is 9.64. The van der Waals surface area contributed by atoms with Crippen molar-refractivity contribution in [3.8, 4) is 0 Å². The van der Waals surface area contributed by atoms with Crippen LogP contribution in [0.15, 0.2) is 0 Å². The molecule has 5 heteroatoms. The Morgan fingerprint density at radius 1 is 1.46 bits per heavy atom. The van der Waals surface area contributed by atoms with Crippen LogP contribution in [-0.2, 0) is 19.0 Å². The fourth-order valence-electron chi connectivity index (χ4n) is 1.65. The SMILES string of the molecule is CC1(C)O[C@@H]2[C@@H](CI)OC(=O)[C@@H]2O1. The minimum atomic E-state index is -0.654. The highest BCUT2D eigenvalue weighted by atomic mass is 127. The molecule has 2 saturated heterocycles. The third-order valence-corrected chi connectivity index (χ3v) is 3.02. The van der Waals surface area contributed by atoms with Gasteiger partial charge in [-0.15, -0.1) is 0 Å². The van der Waals surface area contributed by atoms with Gasteiger partial charge in [0.05, 0.1) is 0 Å². The van der Waals surface area contributed by atoms with Gasteiger partial charge >= 0.3 is 5.97 Å². The molecule has 0 bridgehead atoms. The van der Waals surface area contributed by atoms with E-state index in [2.05, 4.69) is 22.6 Å². The Morgan fingerprint density at radius 3 is 2.77 bits per heavy atom. The van der Waals surface area contributed by atoms with Gasteiger partial charge in [-0.05, 0) is 13.8 Å². The number of halogens is 1. The predicted octanol–water partition coefficient (Wildman–Crippen LogP) is 0.867. The van der Waals surface area contributed by atoms with Gasteiger partial charge in [0, 0.05) is 4.43 Å². The maximum absolute atomic E-state index is 11.3. The molecule has 0 spiro atoms. The molecule has 2 aliphatic rings. The number of fused-ring (bicyclic) bond motifs is 1. The fraction of sp³-hybridized carbons (Fsp3) is 0.875. The summed E-state index contributed by atoms with van der Waals surface area (Å²) in [5, 5.41) is 0. The smallest absolute Gasteiger partial charge is 0.338 e. The average molecular weight is 298 g/mol. The van der Waals surface area contributed by atoms with E-state index in [0.29, 0.717) is 0 Å². The van der Waals surface area contributed by atoms with Crippen molar-refractivity contribution in [1.82, 2.24) is 0 Å². The second-order valence-electron chi connectivity index (χ2n) is 3.65. The van der Waals surface area contributed by atoms with Crippen molar-refractivity contribution in [3.63, 3.8) is 0 Å². The summed E-state index contributed by atoms with van der Waals surface area (Å²) in [4.78, 5) is 11.3. The summed E-state index contributed by atoms with van der Waals surface area (Å²) in [5.74, 6) is -0.948. The Kier molecular flexibility index (Phi) is 2.28. The molecular weight excluding hydrogens is 287 g/mol. The van der Waals surface area contributed by atoms with Crippen molar-refractivity contribution in [2.45, 2.75) is 37.9 Å². The van der Waals surface area contributed by atoms with E-state index >= 15 is 0 Å². The lowest BCUT2D eigenvalue weighted by Gasteiger charge is -2.20. The molecule has 74 valence electrons. The molecule has 2 heterocycles. The molecule has 0 aromatic carbocycles. The van der Waals surface area contributed by atoms with Crippen molar-refractivity contribution >= 4 is 28.6 Å². The Labute approximate surface area is 90.0 Å². The number of cyclic esters (lactones) is 1. The van der Waals surface area contributed by atoms with Crippen molar-refractivity contribution in [2.24, 2.45) is 0 Å². The number of rotatable bonds is 1. The first-order valence-corrected chi connectivity index (χ1v) is 5.68. The number of esters is 1. The standard InChI is InChI=1S/C8H11IO4/c1-8(2)12-5-4(3-9)11-7(10)6(5)13-8/h4-6H,3H2,1-2H3/t4-,5-,6-/m1/s1. The highest BCUT2D eigenvalue weighted by molar-refractivity contribution is 14.1. The first kappa shape index (κ1) is 9.67. The number of carbonyl (C=O) groups is 1. The second kappa shape index (κ2) is 3.06. The van der Waals surface area contributed by atoms with Crippen molar-refractivity contribution < 1.29 is 19.0 Å². The van der Waals surface area contributed by atoms with Crippen LogP contribution in [-0.4, -0.2) is 34.5 Å². The topological polar surface area (TPSA) is 44.8 Å². The van der Waals surface area contributed by atoms with Crippen LogP contribution in [0.2, 0.25) is 0 Å². The zero-order valence-corrected chi connectivity index (χ0v) is 9.61. The number of ether oxygens (including phenoxy) is 3. The van der Waals surface area contributed by atoms with Crippen LogP contribution in [0.4, 0.5) is 0 Å². The van der Waals surface area contributed by atoms with E-state index < -0.39 is 11.9 Å². The van der Waals surface area contributed by atoms with Gasteiger partial charge < -0.3 is 14.2 Å². The Bertz CT molecular complexity index is 240. The van der Waals surface area contributed by atoms with Crippen LogP contribution >= 0.6 is 22.6 Å². The van der Waals surface area contributed by atoms with E-state index in [0.717, 1.165) is 4.43 Å². The molecule has 0 aliphatic carbocycles. The summed E-state index contributed by atoms with van der Waals surface area (Å²) >= 11 is 2.17. The number of hydrogen-bond donors (Lipinski definition) is 0. The van der Waals surface area contributed by atoms with E-state index in [1.165, 1.54) is 0 Å². The molecule has 4 nitrogen and oxygen atoms in total. The summed E-state index contributed by atoms with van der Waals surface area (Å²) in [7, 11) is 0. The number of carbonyl (C=O) groups excluding carboxylic acids is 1. The van der Waals surface area contributed by atoms with E-state index in [1.807, 2.05) is 13.8 Å². The van der Waals surface area contributed by atoms with Crippen LogP contribution in [0.1, 0.15) is 13.8 Å². The van der Waals surface area contributed by atoms with Crippen molar-refractivity contribution in [1.29, 1.82) is 0 Å². The first-order valence-electron chi connectivity index (χ1n) is 4.15. The molecule has 0 N–H and O–H groups in total. The van der Waals surface area contributed by atoms with E-state index in [1.54, 1.807) is 0 Å². The van der Waals surface area contributed by atoms with Gasteiger partial charge in [0.15, 0.2) is 11.9 Å². The van der Waals surface area contributed by atoms with Gasteiger partial charge in [-0.1, -0.05) is 22.6 Å². The third-order valence-electron chi connectivity index (χ3n) is 2.15. The van der Waals surface area contributed by atoms with Gasteiger partial charge in [0.2, 0.25) is 0 Å². The summed E-state index contributed by atoms with van der Waals surface area (Å²) in [6.45, 7) is 3.62. The van der Waals surface area contributed by atoms with Crippen LogP contribution in [0, 0.1) is 0 Å². The highest BCUT2D eigenvalue weighted by Crippen LogP contribution is 2.36. The molecule has 3 atom stereocenters. The van der Waals surface area contributed by atoms with Gasteiger partial charge in [-0.3, -0.25) is 0 Å². The Balaban J connectivity index is 2.17. The number of hydrogen-bond acceptors (Lipinski definition) is 4. The van der Waals surface area contributed by atoms with Gasteiger partial charge in [-0.2, -0.15) is 0 Å². The lowest BCUT2D eigenvalue weighted by molar-refractivity contribution is -0.184. The maximum Gasteiger partial charge on any atom is 0.338 e. The van der Waals surface area contributed by atoms with Crippen molar-refractivity contribution in [2.75, 3.05) is 4.43 Å². The molecule has 0 radical (unpaired) electrons. The van der Waals surface area contributed by atoms with Gasteiger partial charge in [0.25, 0.3) is 0 Å². The lowest BCUT2D eigenvalue weighted by atomic mass is 10.2. The zero-order valence-electron chi connectivity index (χ0n) is 7.45. The first-order chi connectivity index (χ1) is 6.03. The molecule has 2 aliphatic heterocycles. The maximum atomic E-state index is 11.3. The number of alkyl halides is 1. The molecule has 0 saturated carbocycles. The van der Waals surface area contributed by atoms with Gasteiger partial charge in [0.1, 0.15) is 12.2 Å². The monoisotopic (exact) mass is 298 g/mol. The van der Waals surface area contributed by atoms with E-state index in [9.17, 15) is 4.79 Å². The normalized spacial score (nSPS) is 41.8. The predicted molar refractivity (Wildman–Crippen MR) is 52.6 cm³/mol. The summed E-state index contributed by atoms with van der Waals surface area (Å²) in [6, 6.07) is 0. The molecular formula is C8H11IO4. The Hall–Kier alpha value is 0.120. The average Bonchev–Trinajstić information content (AvgIpc) is 2.47. The molecule has 0 amide bonds. The molecule has 0 aromatic heterocycles. The molecule has 2 rings (SSSR count). The highest BCUT2D eigenvalue weighted by Gasteiger charge is 2.55. The van der Waals surface area contributed by atoms with Gasteiger partial charge in [-0.25, -0.2) is 4.79 Å². The fourth-order valence-corrected chi connectivity index (χ4v) is 2.33. The van der Waals surface area contributed by atoms with Crippen LogP contribution in [0.5, 0.6) is 0 Å². The lowest BCUT2D eigenvalue weighted by Crippen LogP contribution is -2.30. The molecule has 13 heavy (non-hydrogen) atoms. The summed E-state index contributed by atoms with van der Waals surface area (Å²) < 4.78 is 16.8. The van der Waals surface area contributed by atoms with Crippen LogP contribution < -0.4 is 0 Å². The minimum absolute atomic E-state index is 0.153. The molecule has 2 fully saturated rings. The van der Waals surface area contributed by atoms with E-state index in [4.69, 9.17) is 14.2 Å². The quantitative estimate of drug-likeness (QED) is 0.409. The Morgan fingerprint density at radius 2 is 2.15 bits per heavy atom. The molecule has 0 aromatic rings.